The summed E-state index contributed by atoms with van der Waals surface area (Å²) in [5.41, 5.74) is 4.50. The van der Waals surface area contributed by atoms with Gasteiger partial charge in [-0.15, -0.1) is 11.3 Å². The molecule has 4 heteroatoms. The van der Waals surface area contributed by atoms with E-state index in [0.29, 0.717) is 11.0 Å². The van der Waals surface area contributed by atoms with Crippen LogP contribution in [0.3, 0.4) is 0 Å². The number of carbonyl (C=O) groups excluding carboxylic acids is 1. The molecule has 1 amide bonds. The summed E-state index contributed by atoms with van der Waals surface area (Å²) >= 11 is 1.49. The van der Waals surface area contributed by atoms with E-state index in [9.17, 15) is 4.79 Å². The zero-order chi connectivity index (χ0) is 14.3. The molecule has 20 heavy (non-hydrogen) atoms. The summed E-state index contributed by atoms with van der Waals surface area (Å²) in [5, 5.41) is 5.63. The minimum Gasteiger partial charge on any atom is -0.302 e. The van der Waals surface area contributed by atoms with Crippen molar-refractivity contribution in [3.05, 3.63) is 34.7 Å². The number of hydrogen-bond acceptors (Lipinski definition) is 3. The van der Waals surface area contributed by atoms with Crippen molar-refractivity contribution in [2.24, 2.45) is 11.8 Å². The largest absolute Gasteiger partial charge is 0.302 e. The second-order valence-electron chi connectivity index (χ2n) is 5.67. The van der Waals surface area contributed by atoms with Gasteiger partial charge in [0, 0.05) is 16.9 Å². The first kappa shape index (κ1) is 13.3. The number of aryl methyl sites for hydroxylation is 2. The van der Waals surface area contributed by atoms with Gasteiger partial charge in [0.15, 0.2) is 5.13 Å². The Morgan fingerprint density at radius 2 is 2.15 bits per heavy atom. The number of rotatable bonds is 3. The highest BCUT2D eigenvalue weighted by Crippen LogP contribution is 2.39. The molecule has 1 aromatic carbocycles. The molecule has 1 aromatic heterocycles. The third kappa shape index (κ3) is 2.61. The Morgan fingerprint density at radius 3 is 2.85 bits per heavy atom. The highest BCUT2D eigenvalue weighted by Gasteiger charge is 2.39. The number of nitrogens with one attached hydrogen (secondary N) is 1. The van der Waals surface area contributed by atoms with E-state index in [1.807, 2.05) is 5.38 Å². The van der Waals surface area contributed by atoms with E-state index < -0.39 is 0 Å². The average molecular weight is 286 g/mol. The van der Waals surface area contributed by atoms with Gasteiger partial charge in [0.25, 0.3) is 0 Å². The molecule has 1 aliphatic rings. The first-order valence-electron chi connectivity index (χ1n) is 6.88. The number of hydrogen-bond donors (Lipinski definition) is 1. The lowest BCUT2D eigenvalue weighted by Crippen LogP contribution is -2.14. The minimum atomic E-state index is 0.111. The van der Waals surface area contributed by atoms with Crippen LogP contribution in [0.25, 0.3) is 11.3 Å². The van der Waals surface area contributed by atoms with Crippen LogP contribution in [-0.2, 0) is 4.79 Å². The lowest BCUT2D eigenvalue weighted by molar-refractivity contribution is -0.117. The topological polar surface area (TPSA) is 42.0 Å². The monoisotopic (exact) mass is 286 g/mol. The van der Waals surface area contributed by atoms with Gasteiger partial charge in [-0.25, -0.2) is 4.98 Å². The molecule has 1 aliphatic carbocycles. The van der Waals surface area contributed by atoms with Crippen molar-refractivity contribution in [1.29, 1.82) is 0 Å². The molecular formula is C16H18N2OS. The first-order valence-corrected chi connectivity index (χ1v) is 7.76. The van der Waals surface area contributed by atoms with Crippen molar-refractivity contribution < 1.29 is 4.79 Å². The number of nitrogens with zero attached hydrogens (tertiary/aromatic N) is 1. The Kier molecular flexibility index (Phi) is 3.34. The summed E-state index contributed by atoms with van der Waals surface area (Å²) in [5.74, 6) is 0.816. The van der Waals surface area contributed by atoms with Crippen LogP contribution in [-0.4, -0.2) is 10.9 Å². The van der Waals surface area contributed by atoms with Crippen LogP contribution in [0.1, 0.15) is 24.5 Å². The zero-order valence-corrected chi connectivity index (χ0v) is 12.8. The van der Waals surface area contributed by atoms with Crippen LogP contribution in [0.15, 0.2) is 23.6 Å². The minimum absolute atomic E-state index is 0.111. The van der Waals surface area contributed by atoms with E-state index in [2.05, 4.69) is 49.3 Å². The molecule has 0 spiro atoms. The molecule has 104 valence electrons. The maximum absolute atomic E-state index is 11.9. The number of anilines is 1. The summed E-state index contributed by atoms with van der Waals surface area (Å²) in [6.45, 7) is 6.26. The van der Waals surface area contributed by atoms with Crippen LogP contribution in [0.5, 0.6) is 0 Å². The zero-order valence-electron chi connectivity index (χ0n) is 11.9. The Balaban J connectivity index is 1.79. The number of carbonyl (C=O) groups is 1. The highest BCUT2D eigenvalue weighted by atomic mass is 32.1. The standard InChI is InChI=1S/C16H18N2OS/c1-9-4-5-10(2)12(6-9)14-8-20-16(17-14)18-15(19)13-7-11(13)3/h4-6,8,11,13H,7H2,1-3H3,(H,17,18,19)/t11-,13+/m0/s1. The summed E-state index contributed by atoms with van der Waals surface area (Å²) in [4.78, 5) is 16.5. The fourth-order valence-electron chi connectivity index (χ4n) is 2.35. The van der Waals surface area contributed by atoms with E-state index in [-0.39, 0.29) is 11.8 Å². The molecule has 1 saturated carbocycles. The lowest BCUT2D eigenvalue weighted by Gasteiger charge is -2.04. The fourth-order valence-corrected chi connectivity index (χ4v) is 3.07. The normalized spacial score (nSPS) is 20.8. The van der Waals surface area contributed by atoms with Gasteiger partial charge >= 0.3 is 0 Å². The molecule has 0 saturated heterocycles. The molecule has 0 unspecified atom stereocenters. The third-order valence-electron chi connectivity index (χ3n) is 3.85. The van der Waals surface area contributed by atoms with Crippen LogP contribution < -0.4 is 5.32 Å². The number of aromatic nitrogens is 1. The van der Waals surface area contributed by atoms with Crippen molar-refractivity contribution >= 4 is 22.4 Å². The van der Waals surface area contributed by atoms with Gasteiger partial charge in [0.05, 0.1) is 5.69 Å². The Bertz CT molecular complexity index is 662. The molecule has 3 nitrogen and oxygen atoms in total. The highest BCUT2D eigenvalue weighted by molar-refractivity contribution is 7.14. The summed E-state index contributed by atoms with van der Waals surface area (Å²) in [6.07, 6.45) is 1.00. The van der Waals surface area contributed by atoms with Gasteiger partial charge in [-0.1, -0.05) is 24.6 Å². The second-order valence-corrected chi connectivity index (χ2v) is 6.52. The predicted molar refractivity (Wildman–Crippen MR) is 82.9 cm³/mol. The van der Waals surface area contributed by atoms with Crippen LogP contribution in [0.4, 0.5) is 5.13 Å². The first-order chi connectivity index (χ1) is 9.54. The second kappa shape index (κ2) is 5.02. The van der Waals surface area contributed by atoms with Gasteiger partial charge in [-0.05, 0) is 37.8 Å². The van der Waals surface area contributed by atoms with Crippen molar-refractivity contribution in [3.63, 3.8) is 0 Å². The third-order valence-corrected chi connectivity index (χ3v) is 4.61. The average Bonchev–Trinajstić information content (AvgIpc) is 2.97. The van der Waals surface area contributed by atoms with Crippen LogP contribution in [0, 0.1) is 25.7 Å². The summed E-state index contributed by atoms with van der Waals surface area (Å²) in [7, 11) is 0. The van der Waals surface area contributed by atoms with Gasteiger partial charge in [0.2, 0.25) is 5.91 Å². The van der Waals surface area contributed by atoms with Gasteiger partial charge in [-0.2, -0.15) is 0 Å². The maximum Gasteiger partial charge on any atom is 0.229 e. The van der Waals surface area contributed by atoms with E-state index in [0.717, 1.165) is 17.7 Å². The Labute approximate surface area is 123 Å². The lowest BCUT2D eigenvalue weighted by atomic mass is 10.0. The van der Waals surface area contributed by atoms with E-state index in [4.69, 9.17) is 0 Å². The van der Waals surface area contributed by atoms with Crippen molar-refractivity contribution in [3.8, 4) is 11.3 Å². The predicted octanol–water partition coefficient (Wildman–Crippen LogP) is 4.02. The molecule has 1 N–H and O–H groups in total. The molecule has 0 bridgehead atoms. The van der Waals surface area contributed by atoms with Crippen molar-refractivity contribution in [2.75, 3.05) is 5.32 Å². The summed E-state index contributed by atoms with van der Waals surface area (Å²) in [6, 6.07) is 6.34. The molecular weight excluding hydrogens is 268 g/mol. The molecule has 2 aromatic rings. The molecule has 1 fully saturated rings. The molecule has 3 rings (SSSR count). The van der Waals surface area contributed by atoms with E-state index >= 15 is 0 Å². The SMILES string of the molecule is Cc1ccc(C)c(-c2csc(NC(=O)[C@@H]3C[C@@H]3C)n2)c1. The quantitative estimate of drug-likeness (QED) is 0.926. The van der Waals surface area contributed by atoms with Crippen molar-refractivity contribution in [1.82, 2.24) is 4.98 Å². The molecule has 2 atom stereocenters. The van der Waals surface area contributed by atoms with E-state index in [1.54, 1.807) is 0 Å². The number of amides is 1. The number of thiazole rings is 1. The number of benzene rings is 1. The smallest absolute Gasteiger partial charge is 0.229 e. The van der Waals surface area contributed by atoms with Crippen LogP contribution in [0.2, 0.25) is 0 Å². The van der Waals surface area contributed by atoms with Gasteiger partial charge in [0.1, 0.15) is 0 Å². The maximum atomic E-state index is 11.9. The Hall–Kier alpha value is -1.68. The van der Waals surface area contributed by atoms with E-state index in [1.165, 1.54) is 22.5 Å². The molecule has 1 heterocycles. The molecule has 0 radical (unpaired) electrons. The summed E-state index contributed by atoms with van der Waals surface area (Å²) < 4.78 is 0. The van der Waals surface area contributed by atoms with Crippen molar-refractivity contribution in [2.45, 2.75) is 27.2 Å². The fraction of sp³-hybridized carbons (Fsp3) is 0.375. The van der Waals surface area contributed by atoms with Gasteiger partial charge < -0.3 is 5.32 Å². The van der Waals surface area contributed by atoms with Gasteiger partial charge in [-0.3, -0.25) is 4.79 Å². The Morgan fingerprint density at radius 1 is 1.40 bits per heavy atom. The van der Waals surface area contributed by atoms with Crippen LogP contribution >= 0.6 is 11.3 Å². The molecule has 0 aliphatic heterocycles.